The van der Waals surface area contributed by atoms with Crippen LogP contribution in [-0.2, 0) is 4.74 Å². The maximum Gasteiger partial charge on any atom is 0.0683 e. The zero-order chi connectivity index (χ0) is 11.0. The molecule has 0 bridgehead atoms. The fourth-order valence-electron chi connectivity index (χ4n) is 1.09. The molecule has 0 aromatic heterocycles. The second-order valence-electron chi connectivity index (χ2n) is 4.89. The van der Waals surface area contributed by atoms with Crippen LogP contribution in [-0.4, -0.2) is 13.2 Å². The molecule has 0 N–H and O–H groups in total. The van der Waals surface area contributed by atoms with Crippen molar-refractivity contribution in [1.82, 2.24) is 0 Å². The highest BCUT2D eigenvalue weighted by Gasteiger charge is 2.15. The molecule has 2 nitrogen and oxygen atoms in total. The van der Waals surface area contributed by atoms with Crippen molar-refractivity contribution in [2.75, 3.05) is 13.2 Å². The predicted molar refractivity (Wildman–Crippen MR) is 58.9 cm³/mol. The SMILES string of the molecule is CC(C)CCOCCCC(C)(C)C#N. The molecule has 0 aromatic carbocycles. The molecule has 0 aromatic rings. The Hall–Kier alpha value is -0.550. The Bertz CT molecular complexity index is 179. The lowest BCUT2D eigenvalue weighted by molar-refractivity contribution is 0.115. The van der Waals surface area contributed by atoms with Crippen molar-refractivity contribution in [2.45, 2.75) is 47.0 Å². The average Bonchev–Trinajstić information content (AvgIpc) is 2.10. The Morgan fingerprint density at radius 1 is 1.29 bits per heavy atom. The Labute approximate surface area is 88.3 Å². The van der Waals surface area contributed by atoms with Gasteiger partial charge in [0.25, 0.3) is 0 Å². The fraction of sp³-hybridized carbons (Fsp3) is 0.917. The topological polar surface area (TPSA) is 33.0 Å². The van der Waals surface area contributed by atoms with E-state index >= 15 is 0 Å². The fourth-order valence-corrected chi connectivity index (χ4v) is 1.09. The van der Waals surface area contributed by atoms with Crippen LogP contribution in [0.2, 0.25) is 0 Å². The van der Waals surface area contributed by atoms with E-state index in [0.717, 1.165) is 32.5 Å². The molecule has 82 valence electrons. The number of nitriles is 1. The zero-order valence-corrected chi connectivity index (χ0v) is 9.97. The Kier molecular flexibility index (Phi) is 6.57. The summed E-state index contributed by atoms with van der Waals surface area (Å²) in [6, 6.07) is 2.29. The van der Waals surface area contributed by atoms with Crippen molar-refractivity contribution < 1.29 is 4.74 Å². The van der Waals surface area contributed by atoms with E-state index in [1.54, 1.807) is 0 Å². The second-order valence-corrected chi connectivity index (χ2v) is 4.89. The Morgan fingerprint density at radius 2 is 1.93 bits per heavy atom. The van der Waals surface area contributed by atoms with Crippen LogP contribution in [0, 0.1) is 22.7 Å². The number of nitrogens with zero attached hydrogens (tertiary/aromatic N) is 1. The van der Waals surface area contributed by atoms with Crippen molar-refractivity contribution in [1.29, 1.82) is 5.26 Å². The number of hydrogen-bond acceptors (Lipinski definition) is 2. The standard InChI is InChI=1S/C12H23NO/c1-11(2)6-9-14-8-5-7-12(3,4)10-13/h11H,5-9H2,1-4H3. The van der Waals surface area contributed by atoms with Crippen LogP contribution < -0.4 is 0 Å². The molecule has 0 aliphatic heterocycles. The molecular weight excluding hydrogens is 174 g/mol. The number of hydrogen-bond donors (Lipinski definition) is 0. The third-order valence-electron chi connectivity index (χ3n) is 2.23. The summed E-state index contributed by atoms with van der Waals surface area (Å²) < 4.78 is 5.47. The van der Waals surface area contributed by atoms with Crippen molar-refractivity contribution >= 4 is 0 Å². The van der Waals surface area contributed by atoms with E-state index < -0.39 is 0 Å². The summed E-state index contributed by atoms with van der Waals surface area (Å²) in [6.45, 7) is 9.98. The van der Waals surface area contributed by atoms with Gasteiger partial charge in [-0.3, -0.25) is 0 Å². The minimum atomic E-state index is -0.193. The lowest BCUT2D eigenvalue weighted by Crippen LogP contribution is -2.09. The molecule has 0 saturated heterocycles. The molecule has 0 saturated carbocycles. The minimum absolute atomic E-state index is 0.193. The van der Waals surface area contributed by atoms with Crippen LogP contribution in [0.4, 0.5) is 0 Å². The summed E-state index contributed by atoms with van der Waals surface area (Å²) in [5.41, 5.74) is -0.193. The normalized spacial score (nSPS) is 11.7. The molecule has 0 amide bonds. The molecule has 0 fully saturated rings. The van der Waals surface area contributed by atoms with Crippen LogP contribution in [0.25, 0.3) is 0 Å². The first-order chi connectivity index (χ1) is 6.48. The van der Waals surface area contributed by atoms with Crippen molar-refractivity contribution in [3.8, 4) is 6.07 Å². The van der Waals surface area contributed by atoms with Crippen LogP contribution in [0.3, 0.4) is 0 Å². The maximum atomic E-state index is 8.78. The molecule has 0 atom stereocenters. The van der Waals surface area contributed by atoms with Gasteiger partial charge in [0, 0.05) is 13.2 Å². The quantitative estimate of drug-likeness (QED) is 0.586. The minimum Gasteiger partial charge on any atom is -0.381 e. The number of ether oxygens (including phenoxy) is 1. The van der Waals surface area contributed by atoms with E-state index in [9.17, 15) is 0 Å². The van der Waals surface area contributed by atoms with Gasteiger partial charge in [0.1, 0.15) is 0 Å². The van der Waals surface area contributed by atoms with Crippen molar-refractivity contribution in [2.24, 2.45) is 11.3 Å². The van der Waals surface area contributed by atoms with Gasteiger partial charge in [0.15, 0.2) is 0 Å². The molecule has 0 spiro atoms. The first-order valence-electron chi connectivity index (χ1n) is 5.47. The van der Waals surface area contributed by atoms with Gasteiger partial charge in [0.2, 0.25) is 0 Å². The van der Waals surface area contributed by atoms with Gasteiger partial charge in [0.05, 0.1) is 11.5 Å². The monoisotopic (exact) mass is 197 g/mol. The first-order valence-corrected chi connectivity index (χ1v) is 5.47. The summed E-state index contributed by atoms with van der Waals surface area (Å²) in [5, 5.41) is 8.78. The lowest BCUT2D eigenvalue weighted by Gasteiger charge is -2.14. The molecule has 2 heteroatoms. The third-order valence-corrected chi connectivity index (χ3v) is 2.23. The summed E-state index contributed by atoms with van der Waals surface area (Å²) in [5.74, 6) is 0.713. The molecule has 0 radical (unpaired) electrons. The average molecular weight is 197 g/mol. The van der Waals surface area contributed by atoms with Crippen LogP contribution in [0.5, 0.6) is 0 Å². The van der Waals surface area contributed by atoms with Gasteiger partial charge in [-0.05, 0) is 39.0 Å². The first kappa shape index (κ1) is 13.4. The van der Waals surface area contributed by atoms with Crippen LogP contribution in [0.15, 0.2) is 0 Å². The Morgan fingerprint density at radius 3 is 2.43 bits per heavy atom. The van der Waals surface area contributed by atoms with E-state index in [-0.39, 0.29) is 5.41 Å². The van der Waals surface area contributed by atoms with Gasteiger partial charge in [-0.25, -0.2) is 0 Å². The van der Waals surface area contributed by atoms with E-state index in [1.165, 1.54) is 0 Å². The molecule has 0 aliphatic carbocycles. The van der Waals surface area contributed by atoms with Gasteiger partial charge in [-0.15, -0.1) is 0 Å². The predicted octanol–water partition coefficient (Wildman–Crippen LogP) is 3.38. The molecule has 0 unspecified atom stereocenters. The lowest BCUT2D eigenvalue weighted by atomic mass is 9.90. The second kappa shape index (κ2) is 6.84. The zero-order valence-electron chi connectivity index (χ0n) is 9.97. The van der Waals surface area contributed by atoms with Crippen LogP contribution >= 0.6 is 0 Å². The van der Waals surface area contributed by atoms with E-state index in [0.29, 0.717) is 5.92 Å². The maximum absolute atomic E-state index is 8.78. The summed E-state index contributed by atoms with van der Waals surface area (Å²) >= 11 is 0. The van der Waals surface area contributed by atoms with Gasteiger partial charge in [-0.1, -0.05) is 13.8 Å². The third kappa shape index (κ3) is 8.07. The molecular formula is C12H23NO. The molecule has 0 rings (SSSR count). The molecule has 0 heterocycles. The van der Waals surface area contributed by atoms with Gasteiger partial charge < -0.3 is 4.74 Å². The van der Waals surface area contributed by atoms with E-state index in [4.69, 9.17) is 10.00 Å². The summed E-state index contributed by atoms with van der Waals surface area (Å²) in [6.07, 6.45) is 3.03. The summed E-state index contributed by atoms with van der Waals surface area (Å²) in [4.78, 5) is 0. The van der Waals surface area contributed by atoms with Crippen molar-refractivity contribution in [3.63, 3.8) is 0 Å². The molecule has 14 heavy (non-hydrogen) atoms. The van der Waals surface area contributed by atoms with Gasteiger partial charge in [-0.2, -0.15) is 5.26 Å². The highest BCUT2D eigenvalue weighted by atomic mass is 16.5. The highest BCUT2D eigenvalue weighted by Crippen LogP contribution is 2.20. The van der Waals surface area contributed by atoms with Crippen molar-refractivity contribution in [3.05, 3.63) is 0 Å². The van der Waals surface area contributed by atoms with Crippen LogP contribution in [0.1, 0.15) is 47.0 Å². The summed E-state index contributed by atoms with van der Waals surface area (Å²) in [7, 11) is 0. The van der Waals surface area contributed by atoms with E-state index in [1.807, 2.05) is 13.8 Å². The van der Waals surface area contributed by atoms with Gasteiger partial charge >= 0.3 is 0 Å². The smallest absolute Gasteiger partial charge is 0.0683 e. The Balaban J connectivity index is 3.27. The highest BCUT2D eigenvalue weighted by molar-refractivity contribution is 4.91. The number of rotatable bonds is 7. The largest absolute Gasteiger partial charge is 0.381 e. The molecule has 0 aliphatic rings. The van der Waals surface area contributed by atoms with E-state index in [2.05, 4.69) is 19.9 Å².